The first-order valence-electron chi connectivity index (χ1n) is 13.0. The van der Waals surface area contributed by atoms with E-state index in [9.17, 15) is 24.3 Å². The normalized spacial score (nSPS) is 12.9. The van der Waals surface area contributed by atoms with Crippen LogP contribution < -0.4 is 11.2 Å². The topological polar surface area (TPSA) is 136 Å². The van der Waals surface area contributed by atoms with Gasteiger partial charge in [0.25, 0.3) is 17.4 Å². The molecule has 0 bridgehead atoms. The summed E-state index contributed by atoms with van der Waals surface area (Å²) in [5, 5.41) is 19.1. The summed E-state index contributed by atoms with van der Waals surface area (Å²) in [5.41, 5.74) is -0.311. The first kappa shape index (κ1) is 27.4. The van der Waals surface area contributed by atoms with Crippen LogP contribution in [-0.4, -0.2) is 44.2 Å². The highest BCUT2D eigenvalue weighted by atomic mass is 16.5. The lowest BCUT2D eigenvalue weighted by molar-refractivity contribution is 0.0642. The van der Waals surface area contributed by atoms with E-state index >= 15 is 0 Å². The van der Waals surface area contributed by atoms with Crippen LogP contribution in [0.2, 0.25) is 0 Å². The van der Waals surface area contributed by atoms with Gasteiger partial charge in [-0.1, -0.05) is 66.7 Å². The van der Waals surface area contributed by atoms with Crippen LogP contribution >= 0.6 is 0 Å². The Morgan fingerprint density at radius 2 is 1.41 bits per heavy atom. The van der Waals surface area contributed by atoms with E-state index in [1.54, 1.807) is 37.3 Å². The number of imide groups is 1. The molecule has 4 aromatic rings. The Balaban J connectivity index is 1.54. The second-order valence-electron chi connectivity index (χ2n) is 9.26. The molecule has 11 nitrogen and oxygen atoms in total. The Kier molecular flexibility index (Phi) is 7.97. The molecular weight excluding hydrogens is 526 g/mol. The van der Waals surface area contributed by atoms with Crippen LogP contribution in [0.25, 0.3) is 0 Å². The summed E-state index contributed by atoms with van der Waals surface area (Å²) in [7, 11) is 0. The minimum atomic E-state index is -0.860. The number of nitrogens with zero attached hydrogens (tertiary/aromatic N) is 5. The van der Waals surface area contributed by atoms with E-state index in [1.165, 1.54) is 12.1 Å². The van der Waals surface area contributed by atoms with Crippen LogP contribution in [0.5, 0.6) is 5.88 Å². The molecule has 0 atom stereocenters. The highest BCUT2D eigenvalue weighted by Gasteiger charge is 2.37. The van der Waals surface area contributed by atoms with Crippen molar-refractivity contribution in [2.45, 2.75) is 26.6 Å². The predicted octanol–water partition coefficient (Wildman–Crippen LogP) is 4.01. The Morgan fingerprint density at radius 3 is 2.07 bits per heavy atom. The minimum absolute atomic E-state index is 0.0227. The monoisotopic (exact) mass is 553 g/mol. The molecule has 0 spiro atoms. The van der Waals surface area contributed by atoms with Gasteiger partial charge in [-0.3, -0.25) is 28.4 Å². The lowest BCUT2D eigenvalue weighted by Gasteiger charge is -2.14. The number of aromatic nitrogens is 2. The number of hydrogen-bond donors (Lipinski definition) is 1. The van der Waals surface area contributed by atoms with Crippen LogP contribution in [0, 0.1) is 0 Å². The van der Waals surface area contributed by atoms with Gasteiger partial charge in [-0.05, 0) is 30.2 Å². The molecule has 0 unspecified atom stereocenters. The van der Waals surface area contributed by atoms with E-state index in [2.05, 4.69) is 10.2 Å². The summed E-state index contributed by atoms with van der Waals surface area (Å²) >= 11 is 0. The fourth-order valence-corrected chi connectivity index (χ4v) is 4.58. The first-order valence-corrected chi connectivity index (χ1v) is 13.0. The molecule has 41 heavy (non-hydrogen) atoms. The third kappa shape index (κ3) is 5.48. The molecule has 1 aromatic heterocycles. The van der Waals surface area contributed by atoms with Crippen molar-refractivity contribution < 1.29 is 19.4 Å². The van der Waals surface area contributed by atoms with E-state index in [-0.39, 0.29) is 43.1 Å². The number of fused-ring (bicyclic) bond motifs is 1. The van der Waals surface area contributed by atoms with Crippen molar-refractivity contribution in [2.24, 2.45) is 10.2 Å². The summed E-state index contributed by atoms with van der Waals surface area (Å²) < 4.78 is 7.29. The molecule has 3 aromatic carbocycles. The summed E-state index contributed by atoms with van der Waals surface area (Å²) in [6.07, 6.45) is 0. The molecule has 0 radical (unpaired) electrons. The molecule has 0 fully saturated rings. The molecule has 2 amide bonds. The van der Waals surface area contributed by atoms with Crippen molar-refractivity contribution in [2.75, 3.05) is 13.2 Å². The minimum Gasteiger partial charge on any atom is -0.493 e. The van der Waals surface area contributed by atoms with Crippen molar-refractivity contribution in [1.29, 1.82) is 0 Å². The average molecular weight is 554 g/mol. The maximum absolute atomic E-state index is 13.3. The van der Waals surface area contributed by atoms with Crippen molar-refractivity contribution in [3.8, 4) is 5.88 Å². The van der Waals surface area contributed by atoms with Crippen molar-refractivity contribution in [3.63, 3.8) is 0 Å². The van der Waals surface area contributed by atoms with Gasteiger partial charge in [0.1, 0.15) is 0 Å². The lowest BCUT2D eigenvalue weighted by Crippen LogP contribution is -2.40. The molecule has 0 saturated carbocycles. The van der Waals surface area contributed by atoms with Gasteiger partial charge in [-0.15, -0.1) is 10.2 Å². The maximum Gasteiger partial charge on any atom is 0.334 e. The van der Waals surface area contributed by atoms with Gasteiger partial charge in [-0.2, -0.15) is 0 Å². The van der Waals surface area contributed by atoms with Gasteiger partial charge in [0, 0.05) is 6.61 Å². The zero-order valence-electron chi connectivity index (χ0n) is 22.3. The smallest absolute Gasteiger partial charge is 0.334 e. The summed E-state index contributed by atoms with van der Waals surface area (Å²) in [6, 6.07) is 22.6. The summed E-state index contributed by atoms with van der Waals surface area (Å²) in [4.78, 5) is 54.0. The SMILES string of the molecule is CCOCCn1c(=O)c(N=Nc2cccc3c2C(=O)N(Cc2ccccc2)C3=O)c(O)n(Cc2ccccc2)c1=O. The Bertz CT molecular complexity index is 1750. The van der Waals surface area contributed by atoms with E-state index in [1.807, 2.05) is 36.4 Å². The van der Waals surface area contributed by atoms with Gasteiger partial charge in [0.15, 0.2) is 0 Å². The van der Waals surface area contributed by atoms with Gasteiger partial charge in [0.2, 0.25) is 11.6 Å². The number of carbonyl (C=O) groups excluding carboxylic acids is 2. The molecule has 1 aliphatic heterocycles. The fraction of sp³-hybridized carbons (Fsp3) is 0.200. The van der Waals surface area contributed by atoms with E-state index in [0.29, 0.717) is 12.2 Å². The van der Waals surface area contributed by atoms with Crippen LogP contribution in [0.3, 0.4) is 0 Å². The van der Waals surface area contributed by atoms with E-state index in [4.69, 9.17) is 4.74 Å². The third-order valence-electron chi connectivity index (χ3n) is 6.64. The van der Waals surface area contributed by atoms with Crippen LogP contribution in [0.1, 0.15) is 38.8 Å². The molecule has 1 aliphatic rings. The third-order valence-corrected chi connectivity index (χ3v) is 6.64. The van der Waals surface area contributed by atoms with E-state index in [0.717, 1.165) is 19.6 Å². The van der Waals surface area contributed by atoms with Crippen molar-refractivity contribution in [3.05, 3.63) is 122 Å². The fourth-order valence-electron chi connectivity index (χ4n) is 4.58. The number of azo groups is 1. The first-order chi connectivity index (χ1) is 19.9. The summed E-state index contributed by atoms with van der Waals surface area (Å²) in [5.74, 6) is -1.68. The standard InChI is InChI=1S/C30H27N5O6/c1-2-41-17-16-33-28(38)25(29(39)35(30(33)40)19-21-12-7-4-8-13-21)32-31-23-15-9-14-22-24(23)27(37)34(26(22)36)18-20-10-5-3-6-11-20/h3-15,39H,2,16-19H2,1H3. The highest BCUT2D eigenvalue weighted by Crippen LogP contribution is 2.33. The van der Waals surface area contributed by atoms with Crippen LogP contribution in [0.15, 0.2) is 98.7 Å². The Labute approximate surface area is 234 Å². The molecule has 2 heterocycles. The van der Waals surface area contributed by atoms with E-state index < -0.39 is 34.6 Å². The second-order valence-corrected chi connectivity index (χ2v) is 9.26. The number of hydrogen-bond acceptors (Lipinski definition) is 8. The van der Waals surface area contributed by atoms with Gasteiger partial charge in [0.05, 0.1) is 43.1 Å². The van der Waals surface area contributed by atoms with Gasteiger partial charge >= 0.3 is 5.69 Å². The highest BCUT2D eigenvalue weighted by molar-refractivity contribution is 6.23. The number of rotatable bonds is 10. The van der Waals surface area contributed by atoms with Crippen molar-refractivity contribution >= 4 is 23.2 Å². The number of ether oxygens (including phenoxy) is 1. The molecule has 208 valence electrons. The average Bonchev–Trinajstić information content (AvgIpc) is 3.23. The summed E-state index contributed by atoms with van der Waals surface area (Å²) in [6.45, 7) is 2.28. The molecule has 1 N–H and O–H groups in total. The second kappa shape index (κ2) is 11.9. The van der Waals surface area contributed by atoms with Crippen LogP contribution in [0.4, 0.5) is 11.4 Å². The number of benzene rings is 3. The maximum atomic E-state index is 13.3. The van der Waals surface area contributed by atoms with Gasteiger partial charge < -0.3 is 9.84 Å². The number of carbonyl (C=O) groups is 2. The lowest BCUT2D eigenvalue weighted by atomic mass is 10.1. The zero-order valence-corrected chi connectivity index (χ0v) is 22.3. The number of aromatic hydroxyl groups is 1. The Hall–Kier alpha value is -5.16. The largest absolute Gasteiger partial charge is 0.493 e. The van der Waals surface area contributed by atoms with Crippen molar-refractivity contribution in [1.82, 2.24) is 14.0 Å². The molecule has 0 saturated heterocycles. The van der Waals surface area contributed by atoms with Crippen LogP contribution in [-0.2, 0) is 24.4 Å². The van der Waals surface area contributed by atoms with Gasteiger partial charge in [-0.25, -0.2) is 4.79 Å². The molecule has 5 rings (SSSR count). The molecular formula is C30H27N5O6. The Morgan fingerprint density at radius 1 is 0.756 bits per heavy atom. The quantitative estimate of drug-likeness (QED) is 0.179. The predicted molar refractivity (Wildman–Crippen MR) is 150 cm³/mol. The zero-order chi connectivity index (χ0) is 28.9. The molecule has 11 heteroatoms. The number of amides is 2. The molecule has 0 aliphatic carbocycles.